The molecule has 0 saturated carbocycles. The molecular weight excluding hydrogens is 369 g/mol. The molecule has 2 aliphatic rings. The summed E-state index contributed by atoms with van der Waals surface area (Å²) in [4.78, 5) is 14.6. The van der Waals surface area contributed by atoms with Crippen LogP contribution in [0, 0.1) is 5.82 Å². The van der Waals surface area contributed by atoms with Crippen molar-refractivity contribution in [2.45, 2.75) is 25.0 Å². The van der Waals surface area contributed by atoms with Crippen molar-refractivity contribution in [2.24, 2.45) is 5.10 Å². The van der Waals surface area contributed by atoms with E-state index in [2.05, 4.69) is 5.10 Å². The molecule has 0 N–H and O–H groups in total. The molecule has 0 radical (unpaired) electrons. The number of likely N-dealkylation sites (tertiary alicyclic amines) is 1. The smallest absolute Gasteiger partial charge is 0.341 e. The third-order valence-corrected chi connectivity index (χ3v) is 5.03. The minimum atomic E-state index is -0.493. The number of halogens is 2. The number of rotatable bonds is 3. The largest absolute Gasteiger partial charge is 0.484 e. The minimum Gasteiger partial charge on any atom is -0.484 e. The van der Waals surface area contributed by atoms with Crippen LogP contribution in [0.4, 0.5) is 9.18 Å². The van der Waals surface area contributed by atoms with Crippen LogP contribution in [0.5, 0.6) is 5.75 Å². The van der Waals surface area contributed by atoms with Crippen LogP contribution in [0.3, 0.4) is 0 Å². The average molecular weight is 388 g/mol. The monoisotopic (exact) mass is 387 g/mol. The Bertz CT molecular complexity index is 864. The maximum atomic E-state index is 13.0. The van der Waals surface area contributed by atoms with E-state index in [1.54, 1.807) is 23.2 Å². The van der Waals surface area contributed by atoms with Gasteiger partial charge in [0.2, 0.25) is 0 Å². The first-order chi connectivity index (χ1) is 12.9. The molecule has 2 amide bonds. The fourth-order valence-corrected chi connectivity index (χ4v) is 3.58. The molecule has 0 aromatic heterocycles. The summed E-state index contributed by atoms with van der Waals surface area (Å²) in [5, 5.41) is 6.44. The summed E-state index contributed by atoms with van der Waals surface area (Å²) < 4.78 is 18.9. The molecule has 1 atom stereocenters. The molecule has 7 heteroatoms. The van der Waals surface area contributed by atoms with Crippen molar-refractivity contribution in [1.29, 1.82) is 0 Å². The Morgan fingerprint density at radius 3 is 2.52 bits per heavy atom. The van der Waals surface area contributed by atoms with Crippen molar-refractivity contribution in [3.63, 3.8) is 0 Å². The molecule has 1 saturated heterocycles. The first-order valence-electron chi connectivity index (χ1n) is 8.74. The summed E-state index contributed by atoms with van der Waals surface area (Å²) in [7, 11) is 0. The summed E-state index contributed by atoms with van der Waals surface area (Å²) >= 11 is 5.95. The van der Waals surface area contributed by atoms with Gasteiger partial charge in [-0.3, -0.25) is 0 Å². The summed E-state index contributed by atoms with van der Waals surface area (Å²) in [6, 6.07) is 13.1. The Labute approximate surface area is 162 Å². The van der Waals surface area contributed by atoms with Crippen molar-refractivity contribution >= 4 is 23.8 Å². The van der Waals surface area contributed by atoms with Gasteiger partial charge in [0, 0.05) is 17.7 Å². The second kappa shape index (κ2) is 6.85. The number of hydrogen-bond acceptors (Lipinski definition) is 3. The number of carbonyl (C=O) groups is 1. The number of benzene rings is 2. The zero-order chi connectivity index (χ0) is 19.0. The fourth-order valence-electron chi connectivity index (χ4n) is 3.45. The average Bonchev–Trinajstić information content (AvgIpc) is 3.11. The molecule has 2 aromatic carbocycles. The van der Waals surface area contributed by atoms with Gasteiger partial charge in [0.25, 0.3) is 0 Å². The molecule has 5 nitrogen and oxygen atoms in total. The van der Waals surface area contributed by atoms with E-state index >= 15 is 0 Å². The molecule has 0 aliphatic carbocycles. The quantitative estimate of drug-likeness (QED) is 0.779. The molecule has 0 spiro atoms. The van der Waals surface area contributed by atoms with Crippen LogP contribution >= 0.6 is 11.6 Å². The van der Waals surface area contributed by atoms with Crippen molar-refractivity contribution in [3.05, 3.63) is 64.9 Å². The van der Waals surface area contributed by atoms with Crippen LogP contribution in [-0.2, 0) is 0 Å². The number of ether oxygens (including phenoxy) is 1. The van der Waals surface area contributed by atoms with Crippen LogP contribution in [-0.4, -0.2) is 40.8 Å². The van der Waals surface area contributed by atoms with Gasteiger partial charge in [-0.2, -0.15) is 5.10 Å². The molecular formula is C20H19ClFN3O2. The van der Waals surface area contributed by atoms with Crippen LogP contribution < -0.4 is 4.74 Å². The standard InChI is InChI=1S/C20H19ClFN3O2/c1-20(27-17-8-6-16(22)7-9-17)12-24(13-20)19(26)25-18(10-11-23-25)14-2-4-15(21)5-3-14/h2-9,11,18H,10,12-13H2,1H3/t18-/m0/s1. The van der Waals surface area contributed by atoms with Gasteiger partial charge in [-0.15, -0.1) is 0 Å². The van der Waals surface area contributed by atoms with Gasteiger partial charge in [-0.1, -0.05) is 23.7 Å². The summed E-state index contributed by atoms with van der Waals surface area (Å²) in [6.45, 7) is 2.83. The molecule has 27 heavy (non-hydrogen) atoms. The van der Waals surface area contributed by atoms with Gasteiger partial charge in [0.15, 0.2) is 0 Å². The summed E-state index contributed by atoms with van der Waals surface area (Å²) in [6.07, 6.45) is 2.43. The van der Waals surface area contributed by atoms with E-state index in [-0.39, 0.29) is 17.9 Å². The zero-order valence-corrected chi connectivity index (χ0v) is 15.6. The highest BCUT2D eigenvalue weighted by Crippen LogP contribution is 2.33. The number of nitrogens with zero attached hydrogens (tertiary/aromatic N) is 3. The SMILES string of the molecule is CC1(Oc2ccc(F)cc2)CN(C(=O)N2N=CC[C@H]2c2ccc(Cl)cc2)C1. The maximum Gasteiger partial charge on any atom is 0.341 e. The third kappa shape index (κ3) is 3.62. The van der Waals surface area contributed by atoms with Gasteiger partial charge >= 0.3 is 6.03 Å². The fraction of sp³-hybridized carbons (Fsp3) is 0.300. The zero-order valence-electron chi connectivity index (χ0n) is 14.8. The Kier molecular flexibility index (Phi) is 4.52. The lowest BCUT2D eigenvalue weighted by molar-refractivity contribution is -0.0482. The molecule has 4 rings (SSSR count). The number of carbonyl (C=O) groups excluding carboxylic acids is 1. The third-order valence-electron chi connectivity index (χ3n) is 4.78. The van der Waals surface area contributed by atoms with Crippen molar-refractivity contribution in [2.75, 3.05) is 13.1 Å². The lowest BCUT2D eigenvalue weighted by Gasteiger charge is -2.48. The highest BCUT2D eigenvalue weighted by molar-refractivity contribution is 6.30. The predicted octanol–water partition coefficient (Wildman–Crippen LogP) is 4.49. The van der Waals surface area contributed by atoms with Crippen molar-refractivity contribution in [1.82, 2.24) is 9.91 Å². The van der Waals surface area contributed by atoms with E-state index in [0.29, 0.717) is 30.3 Å². The highest BCUT2D eigenvalue weighted by Gasteiger charge is 2.46. The van der Waals surface area contributed by atoms with Gasteiger partial charge < -0.3 is 9.64 Å². The first-order valence-corrected chi connectivity index (χ1v) is 9.12. The van der Waals surface area contributed by atoms with Crippen LogP contribution in [0.15, 0.2) is 53.6 Å². The van der Waals surface area contributed by atoms with E-state index in [1.165, 1.54) is 17.1 Å². The number of hydrogen-bond donors (Lipinski definition) is 0. The predicted molar refractivity (Wildman–Crippen MR) is 102 cm³/mol. The van der Waals surface area contributed by atoms with Crippen LogP contribution in [0.2, 0.25) is 5.02 Å². The second-order valence-corrected chi connectivity index (χ2v) is 7.53. The van der Waals surface area contributed by atoms with E-state index in [4.69, 9.17) is 16.3 Å². The molecule has 0 unspecified atom stereocenters. The minimum absolute atomic E-state index is 0.125. The molecule has 1 fully saturated rings. The van der Waals surface area contributed by atoms with E-state index < -0.39 is 5.60 Å². The number of amides is 2. The molecule has 2 aliphatic heterocycles. The van der Waals surface area contributed by atoms with E-state index in [9.17, 15) is 9.18 Å². The lowest BCUT2D eigenvalue weighted by atomic mass is 9.96. The van der Waals surface area contributed by atoms with Gasteiger partial charge in [0.05, 0.1) is 19.1 Å². The van der Waals surface area contributed by atoms with Gasteiger partial charge in [-0.05, 0) is 48.9 Å². The Hall–Kier alpha value is -2.60. The Morgan fingerprint density at radius 2 is 1.85 bits per heavy atom. The Balaban J connectivity index is 1.39. The Morgan fingerprint density at radius 1 is 1.19 bits per heavy atom. The van der Waals surface area contributed by atoms with E-state index in [1.807, 2.05) is 31.2 Å². The first kappa shape index (κ1) is 17.8. The van der Waals surface area contributed by atoms with E-state index in [0.717, 1.165) is 5.56 Å². The van der Waals surface area contributed by atoms with Crippen LogP contribution in [0.25, 0.3) is 0 Å². The molecule has 140 valence electrons. The molecule has 2 aromatic rings. The van der Waals surface area contributed by atoms with Crippen molar-refractivity contribution < 1.29 is 13.9 Å². The lowest BCUT2D eigenvalue weighted by Crippen LogP contribution is -2.66. The highest BCUT2D eigenvalue weighted by atomic mass is 35.5. The van der Waals surface area contributed by atoms with Gasteiger partial charge in [0.1, 0.15) is 17.2 Å². The second-order valence-electron chi connectivity index (χ2n) is 7.09. The van der Waals surface area contributed by atoms with Crippen LogP contribution in [0.1, 0.15) is 24.9 Å². The number of urea groups is 1. The molecule has 2 heterocycles. The van der Waals surface area contributed by atoms with Gasteiger partial charge in [-0.25, -0.2) is 14.2 Å². The van der Waals surface area contributed by atoms with Crippen molar-refractivity contribution in [3.8, 4) is 5.75 Å². The topological polar surface area (TPSA) is 45.1 Å². The maximum absolute atomic E-state index is 13.0. The summed E-state index contributed by atoms with van der Waals surface area (Å²) in [5.41, 5.74) is 0.503. The normalized spacial score (nSPS) is 20.5. The molecule has 0 bridgehead atoms. The summed E-state index contributed by atoms with van der Waals surface area (Å²) in [5.74, 6) is 0.280. The number of hydrazone groups is 1.